The number of morpholine rings is 1. The number of allylic oxidation sites excluding steroid dienone is 2. The number of ether oxygens (including phenoxy) is 1. The van der Waals surface area contributed by atoms with Crippen molar-refractivity contribution < 1.29 is 9.53 Å². The quantitative estimate of drug-likeness (QED) is 0.620. The van der Waals surface area contributed by atoms with Crippen LogP contribution in [0.4, 0.5) is 0 Å². The van der Waals surface area contributed by atoms with Crippen LogP contribution in [0, 0.1) is 0 Å². The van der Waals surface area contributed by atoms with Gasteiger partial charge in [0.1, 0.15) is 0 Å². The van der Waals surface area contributed by atoms with Gasteiger partial charge in [0.2, 0.25) is 0 Å². The molecule has 120 valence electrons. The number of thiocarbonyl (C=S) groups is 1. The highest BCUT2D eigenvalue weighted by molar-refractivity contribution is 8.26. The maximum absolute atomic E-state index is 12.6. The fraction of sp³-hybridized carbons (Fsp3) is 0.294. The van der Waals surface area contributed by atoms with E-state index in [1.807, 2.05) is 48.3 Å². The van der Waals surface area contributed by atoms with Crippen LogP contribution < -0.4 is 0 Å². The lowest BCUT2D eigenvalue weighted by atomic mass is 10.1. The summed E-state index contributed by atoms with van der Waals surface area (Å²) in [4.78, 5) is 13.3. The number of carbonyl (C=O) groups is 1. The first-order chi connectivity index (χ1) is 11.1. The molecular formula is C17H18N2O2S2. The molecule has 0 spiro atoms. The van der Waals surface area contributed by atoms with Gasteiger partial charge in [-0.05, 0) is 24.1 Å². The van der Waals surface area contributed by atoms with E-state index in [-0.39, 0.29) is 5.91 Å². The Morgan fingerprint density at radius 2 is 1.96 bits per heavy atom. The molecule has 1 aromatic rings. The third-order valence-corrected chi connectivity index (χ3v) is 4.88. The van der Waals surface area contributed by atoms with Gasteiger partial charge in [0, 0.05) is 13.1 Å². The minimum Gasteiger partial charge on any atom is -0.379 e. The number of benzene rings is 1. The third kappa shape index (κ3) is 3.90. The number of carbonyl (C=O) groups excluding carboxylic acids is 1. The van der Waals surface area contributed by atoms with E-state index in [0.717, 1.165) is 11.1 Å². The Balaban J connectivity index is 1.77. The first-order valence-corrected chi connectivity index (χ1v) is 8.71. The zero-order valence-corrected chi connectivity index (χ0v) is 14.5. The summed E-state index contributed by atoms with van der Waals surface area (Å²) in [6.45, 7) is 4.64. The molecule has 1 amide bonds. The molecule has 0 radical (unpaired) electrons. The van der Waals surface area contributed by atoms with Crippen LogP contribution in [-0.2, 0) is 9.53 Å². The van der Waals surface area contributed by atoms with E-state index in [9.17, 15) is 4.79 Å². The van der Waals surface area contributed by atoms with Gasteiger partial charge < -0.3 is 4.74 Å². The Hall–Kier alpha value is -1.47. The van der Waals surface area contributed by atoms with Crippen molar-refractivity contribution in [3.63, 3.8) is 0 Å². The van der Waals surface area contributed by atoms with Crippen LogP contribution in [0.25, 0.3) is 6.08 Å². The number of thioether (sulfide) groups is 1. The van der Waals surface area contributed by atoms with Gasteiger partial charge in [-0.1, -0.05) is 60.4 Å². The maximum atomic E-state index is 12.6. The molecule has 2 fully saturated rings. The largest absolute Gasteiger partial charge is 0.379 e. The van der Waals surface area contributed by atoms with Crippen molar-refractivity contribution in [2.75, 3.05) is 26.3 Å². The molecule has 3 rings (SSSR count). The molecule has 4 nitrogen and oxygen atoms in total. The number of rotatable bonds is 3. The zero-order valence-electron chi connectivity index (χ0n) is 12.9. The first-order valence-electron chi connectivity index (χ1n) is 7.49. The Morgan fingerprint density at radius 1 is 1.26 bits per heavy atom. The third-order valence-electron chi connectivity index (χ3n) is 3.60. The van der Waals surface area contributed by atoms with Gasteiger partial charge in [0.05, 0.1) is 18.1 Å². The van der Waals surface area contributed by atoms with E-state index in [1.54, 1.807) is 5.01 Å². The van der Waals surface area contributed by atoms with Crippen LogP contribution in [-0.4, -0.2) is 46.5 Å². The van der Waals surface area contributed by atoms with Gasteiger partial charge in [0.15, 0.2) is 4.32 Å². The average Bonchev–Trinajstić information content (AvgIpc) is 2.83. The Labute approximate surface area is 145 Å². The Kier molecular flexibility index (Phi) is 5.27. The van der Waals surface area contributed by atoms with Crippen LogP contribution in [0.5, 0.6) is 0 Å². The van der Waals surface area contributed by atoms with Gasteiger partial charge in [-0.15, -0.1) is 0 Å². The lowest BCUT2D eigenvalue weighted by Gasteiger charge is -2.33. The molecule has 0 bridgehead atoms. The minimum absolute atomic E-state index is 0.0392. The maximum Gasteiger partial charge on any atom is 0.280 e. The predicted molar refractivity (Wildman–Crippen MR) is 97.6 cm³/mol. The average molecular weight is 346 g/mol. The number of amides is 1. The molecule has 0 aromatic heterocycles. The highest BCUT2D eigenvalue weighted by Crippen LogP contribution is 2.33. The van der Waals surface area contributed by atoms with Crippen LogP contribution >= 0.6 is 24.0 Å². The summed E-state index contributed by atoms with van der Waals surface area (Å²) in [6, 6.07) is 10.1. The second-order valence-corrected chi connectivity index (χ2v) is 7.03. The Bertz CT molecular complexity index is 664. The normalized spacial score (nSPS) is 22.2. The molecule has 0 N–H and O–H groups in total. The van der Waals surface area contributed by atoms with Crippen LogP contribution in [0.3, 0.4) is 0 Å². The topological polar surface area (TPSA) is 32.8 Å². The summed E-state index contributed by atoms with van der Waals surface area (Å²) in [7, 11) is 0. The van der Waals surface area contributed by atoms with Crippen molar-refractivity contribution in [2.24, 2.45) is 0 Å². The minimum atomic E-state index is -0.0392. The lowest BCUT2D eigenvalue weighted by molar-refractivity contribution is -0.138. The van der Waals surface area contributed by atoms with Gasteiger partial charge >= 0.3 is 0 Å². The van der Waals surface area contributed by atoms with E-state index in [1.165, 1.54) is 11.8 Å². The molecule has 2 aliphatic heterocycles. The van der Waals surface area contributed by atoms with Crippen molar-refractivity contribution in [1.29, 1.82) is 0 Å². The Morgan fingerprint density at radius 3 is 2.65 bits per heavy atom. The van der Waals surface area contributed by atoms with E-state index in [2.05, 4.69) is 6.08 Å². The van der Waals surface area contributed by atoms with E-state index in [0.29, 0.717) is 35.5 Å². The molecule has 1 aromatic carbocycles. The van der Waals surface area contributed by atoms with Crippen molar-refractivity contribution in [2.45, 2.75) is 6.92 Å². The number of hydrogen-bond acceptors (Lipinski definition) is 5. The fourth-order valence-corrected chi connectivity index (χ4v) is 3.88. The van der Waals surface area contributed by atoms with Gasteiger partial charge in [-0.3, -0.25) is 4.79 Å². The number of hydrazine groups is 1. The summed E-state index contributed by atoms with van der Waals surface area (Å²) in [5.74, 6) is -0.0392. The van der Waals surface area contributed by atoms with Crippen molar-refractivity contribution in [3.8, 4) is 0 Å². The molecular weight excluding hydrogens is 328 g/mol. The number of nitrogens with zero attached hydrogens (tertiary/aromatic N) is 2. The smallest absolute Gasteiger partial charge is 0.280 e. The molecule has 2 saturated heterocycles. The molecule has 2 heterocycles. The van der Waals surface area contributed by atoms with E-state index in [4.69, 9.17) is 17.0 Å². The van der Waals surface area contributed by atoms with Crippen LogP contribution in [0.1, 0.15) is 12.5 Å². The SMILES string of the molecule is CC(=C\c1ccccc1)/C=C1/SC(=S)N(N2CCOCC2)C1=O. The molecule has 23 heavy (non-hydrogen) atoms. The summed E-state index contributed by atoms with van der Waals surface area (Å²) >= 11 is 6.74. The van der Waals surface area contributed by atoms with Crippen molar-refractivity contribution in [3.05, 3.63) is 52.4 Å². The summed E-state index contributed by atoms with van der Waals surface area (Å²) in [5.41, 5.74) is 2.14. The van der Waals surface area contributed by atoms with Crippen molar-refractivity contribution >= 4 is 40.3 Å². The second-order valence-electron chi connectivity index (χ2n) is 5.36. The van der Waals surface area contributed by atoms with Gasteiger partial charge in [-0.2, -0.15) is 0 Å². The fourth-order valence-electron chi connectivity index (χ4n) is 2.52. The lowest BCUT2D eigenvalue weighted by Crippen LogP contribution is -2.50. The molecule has 0 unspecified atom stereocenters. The predicted octanol–water partition coefficient (Wildman–Crippen LogP) is 3.08. The number of hydrogen-bond donors (Lipinski definition) is 0. The molecule has 0 aliphatic carbocycles. The molecule has 6 heteroatoms. The zero-order chi connectivity index (χ0) is 16.2. The van der Waals surface area contributed by atoms with Crippen LogP contribution in [0.2, 0.25) is 0 Å². The molecule has 0 atom stereocenters. The van der Waals surface area contributed by atoms with Crippen LogP contribution in [0.15, 0.2) is 46.9 Å². The first kappa shape index (κ1) is 16.4. The van der Waals surface area contributed by atoms with Gasteiger partial charge in [0.25, 0.3) is 5.91 Å². The van der Waals surface area contributed by atoms with E-state index >= 15 is 0 Å². The summed E-state index contributed by atoms with van der Waals surface area (Å²) in [6.07, 6.45) is 3.97. The molecule has 2 aliphatic rings. The standard InChI is InChI=1S/C17H18N2O2S2/c1-13(11-14-5-3-2-4-6-14)12-15-16(20)19(17(22)23-15)18-7-9-21-10-8-18/h2-6,11-12H,7-10H2,1H3/b13-11+,15-12+. The van der Waals surface area contributed by atoms with Gasteiger partial charge in [-0.25, -0.2) is 10.0 Å². The highest BCUT2D eigenvalue weighted by Gasteiger charge is 2.36. The van der Waals surface area contributed by atoms with E-state index < -0.39 is 0 Å². The highest BCUT2D eigenvalue weighted by atomic mass is 32.2. The summed E-state index contributed by atoms with van der Waals surface area (Å²) < 4.78 is 5.93. The monoisotopic (exact) mass is 346 g/mol. The second kappa shape index (κ2) is 7.40. The summed E-state index contributed by atoms with van der Waals surface area (Å²) in [5, 5.41) is 3.59. The molecule has 0 saturated carbocycles. The van der Waals surface area contributed by atoms with Crippen molar-refractivity contribution in [1.82, 2.24) is 10.0 Å².